The molecule has 2 aromatic rings. The molecule has 0 radical (unpaired) electrons. The van der Waals surface area contributed by atoms with Crippen molar-refractivity contribution in [3.63, 3.8) is 0 Å². The third kappa shape index (κ3) is 5.91. The van der Waals surface area contributed by atoms with Gasteiger partial charge in [0.1, 0.15) is 11.3 Å². The van der Waals surface area contributed by atoms with Gasteiger partial charge in [-0.3, -0.25) is 15.2 Å². The molecule has 0 amide bonds. The Labute approximate surface area is 165 Å². The summed E-state index contributed by atoms with van der Waals surface area (Å²) < 4.78 is 6.05. The second-order valence-corrected chi connectivity index (χ2v) is 7.82. The quantitative estimate of drug-likeness (QED) is 0.250. The zero-order chi connectivity index (χ0) is 18.9. The molecule has 2 heterocycles. The number of nitrogens with zero attached hydrogens (tertiary/aromatic N) is 3. The predicted octanol–water partition coefficient (Wildman–Crippen LogP) is 3.30. The average Bonchev–Trinajstić information content (AvgIpc) is 3.09. The number of rotatable bonds is 7. The van der Waals surface area contributed by atoms with Crippen LogP contribution in [0.2, 0.25) is 0 Å². The fourth-order valence-electron chi connectivity index (χ4n) is 3.32. The van der Waals surface area contributed by atoms with Crippen molar-refractivity contribution < 1.29 is 4.42 Å². The van der Waals surface area contributed by atoms with Gasteiger partial charge in [0.25, 0.3) is 0 Å². The minimum atomic E-state index is 0.503. The molecule has 2 N–H and O–H groups in total. The number of aliphatic imine (C=N–C) groups is 1. The van der Waals surface area contributed by atoms with Crippen LogP contribution in [0.1, 0.15) is 30.6 Å². The van der Waals surface area contributed by atoms with E-state index in [-0.39, 0.29) is 0 Å². The molecule has 0 unspecified atom stereocenters. The van der Waals surface area contributed by atoms with E-state index in [0.29, 0.717) is 5.96 Å². The molecule has 7 heteroatoms. The van der Waals surface area contributed by atoms with Gasteiger partial charge in [-0.2, -0.15) is 17.0 Å². The molecule has 1 fully saturated rings. The van der Waals surface area contributed by atoms with Gasteiger partial charge in [-0.25, -0.2) is 0 Å². The Bertz CT molecular complexity index is 804. The van der Waals surface area contributed by atoms with E-state index in [0.717, 1.165) is 35.9 Å². The number of guanidine groups is 1. The third-order valence-corrected chi connectivity index (χ3v) is 5.65. The molecule has 3 rings (SSSR count). The predicted molar refractivity (Wildman–Crippen MR) is 112 cm³/mol. The van der Waals surface area contributed by atoms with E-state index in [1.54, 1.807) is 18.8 Å². The van der Waals surface area contributed by atoms with Crippen molar-refractivity contribution in [3.8, 4) is 6.19 Å². The number of fused-ring (bicyclic) bond motifs is 1. The number of furan rings is 1. The van der Waals surface area contributed by atoms with E-state index in [9.17, 15) is 0 Å². The van der Waals surface area contributed by atoms with E-state index in [2.05, 4.69) is 44.8 Å². The van der Waals surface area contributed by atoms with E-state index in [1.165, 1.54) is 43.3 Å². The van der Waals surface area contributed by atoms with Crippen LogP contribution in [0.4, 0.5) is 0 Å². The topological polar surface area (TPSA) is 76.6 Å². The minimum absolute atomic E-state index is 0.503. The molecule has 0 bridgehead atoms. The first-order chi connectivity index (χ1) is 13.3. The molecule has 1 saturated heterocycles. The van der Waals surface area contributed by atoms with Crippen LogP contribution in [0.3, 0.4) is 0 Å². The smallest absolute Gasteiger partial charge is 0.204 e. The van der Waals surface area contributed by atoms with Gasteiger partial charge in [-0.15, -0.1) is 0 Å². The normalized spacial score (nSPS) is 15.6. The number of benzene rings is 1. The molecule has 1 aliphatic heterocycles. The van der Waals surface area contributed by atoms with Crippen LogP contribution in [0.5, 0.6) is 0 Å². The first kappa shape index (κ1) is 19.6. The summed E-state index contributed by atoms with van der Waals surface area (Å²) in [5.41, 5.74) is 2.32. The number of nitriles is 1. The summed E-state index contributed by atoms with van der Waals surface area (Å²) in [5.74, 6) is 3.25. The van der Waals surface area contributed by atoms with Crippen LogP contribution in [-0.2, 0) is 12.3 Å². The van der Waals surface area contributed by atoms with Crippen LogP contribution in [0.25, 0.3) is 11.0 Å². The van der Waals surface area contributed by atoms with Crippen molar-refractivity contribution in [2.45, 2.75) is 31.6 Å². The van der Waals surface area contributed by atoms with Crippen molar-refractivity contribution in [1.82, 2.24) is 15.5 Å². The minimum Gasteiger partial charge on any atom is -0.460 e. The van der Waals surface area contributed by atoms with Crippen LogP contribution < -0.4 is 10.6 Å². The van der Waals surface area contributed by atoms with Gasteiger partial charge in [0.2, 0.25) is 5.96 Å². The summed E-state index contributed by atoms with van der Waals surface area (Å²) in [6, 6.07) is 8.72. The summed E-state index contributed by atoms with van der Waals surface area (Å²) in [4.78, 5) is 6.49. The summed E-state index contributed by atoms with van der Waals surface area (Å²) in [5, 5.41) is 15.4. The van der Waals surface area contributed by atoms with Gasteiger partial charge >= 0.3 is 0 Å². The van der Waals surface area contributed by atoms with Crippen LogP contribution in [-0.4, -0.2) is 43.3 Å². The van der Waals surface area contributed by atoms with E-state index in [4.69, 9.17) is 9.68 Å². The summed E-state index contributed by atoms with van der Waals surface area (Å²) >= 11 is 1.79. The molecular weight excluding hydrogens is 358 g/mol. The Morgan fingerprint density at radius 2 is 2.15 bits per heavy atom. The van der Waals surface area contributed by atoms with Crippen LogP contribution in [0.15, 0.2) is 33.7 Å². The fourth-order valence-corrected chi connectivity index (χ4v) is 4.06. The molecule has 27 heavy (non-hydrogen) atoms. The Kier molecular flexibility index (Phi) is 7.43. The average molecular weight is 386 g/mol. The summed E-state index contributed by atoms with van der Waals surface area (Å²) in [7, 11) is 1.65. The van der Waals surface area contributed by atoms with Gasteiger partial charge < -0.3 is 9.73 Å². The van der Waals surface area contributed by atoms with Crippen molar-refractivity contribution in [2.75, 3.05) is 32.4 Å². The Morgan fingerprint density at radius 1 is 1.30 bits per heavy atom. The van der Waals surface area contributed by atoms with Gasteiger partial charge in [0, 0.05) is 31.3 Å². The lowest BCUT2D eigenvalue weighted by molar-refractivity contribution is 0.221. The van der Waals surface area contributed by atoms with Crippen molar-refractivity contribution in [1.29, 1.82) is 5.26 Å². The lowest BCUT2D eigenvalue weighted by atomic mass is 10.1. The summed E-state index contributed by atoms with van der Waals surface area (Å²) in [6.45, 7) is 4.18. The maximum absolute atomic E-state index is 8.60. The number of piperidine rings is 1. The van der Waals surface area contributed by atoms with E-state index >= 15 is 0 Å². The van der Waals surface area contributed by atoms with Crippen molar-refractivity contribution in [3.05, 3.63) is 35.6 Å². The molecule has 0 aliphatic carbocycles. The molecule has 1 aliphatic rings. The maximum Gasteiger partial charge on any atom is 0.204 e. The number of nitrogens with one attached hydrogen (secondary N) is 2. The molecule has 6 nitrogen and oxygen atoms in total. The monoisotopic (exact) mass is 385 g/mol. The van der Waals surface area contributed by atoms with Gasteiger partial charge in [0.15, 0.2) is 6.19 Å². The lowest BCUT2D eigenvalue weighted by Gasteiger charge is -2.26. The molecule has 0 saturated carbocycles. The standard InChI is InChI=1S/C20H27N5OS/c1-22-20(24-15-21)23-7-10-27-14-18-12-17-6-5-16(11-19(17)26-18)13-25-8-3-2-4-9-25/h5-6,11-12H,2-4,7-10,13-14H2,1H3,(H2,22,23,24). The molecule has 1 aromatic carbocycles. The maximum atomic E-state index is 8.60. The highest BCUT2D eigenvalue weighted by molar-refractivity contribution is 7.98. The second kappa shape index (κ2) is 10.2. The highest BCUT2D eigenvalue weighted by Crippen LogP contribution is 2.24. The number of hydrogen-bond acceptors (Lipinski definition) is 5. The first-order valence-electron chi connectivity index (χ1n) is 9.45. The van der Waals surface area contributed by atoms with Gasteiger partial charge in [-0.05, 0) is 43.6 Å². The highest BCUT2D eigenvalue weighted by Gasteiger charge is 2.11. The van der Waals surface area contributed by atoms with Crippen LogP contribution >= 0.6 is 11.8 Å². The summed E-state index contributed by atoms with van der Waals surface area (Å²) in [6.07, 6.45) is 5.86. The Hall–Kier alpha value is -2.17. The molecular formula is C20H27N5OS. The SMILES string of the molecule is CN=C(NC#N)NCCSCc1cc2ccc(CN3CCCCC3)cc2o1. The fraction of sp³-hybridized carbons (Fsp3) is 0.500. The van der Waals surface area contributed by atoms with Crippen LogP contribution in [0, 0.1) is 11.5 Å². The second-order valence-electron chi connectivity index (χ2n) is 6.71. The zero-order valence-electron chi connectivity index (χ0n) is 15.8. The van der Waals surface area contributed by atoms with Crippen molar-refractivity contribution in [2.24, 2.45) is 4.99 Å². The molecule has 144 valence electrons. The van der Waals surface area contributed by atoms with Gasteiger partial charge in [0.05, 0.1) is 5.75 Å². The Balaban J connectivity index is 1.47. The van der Waals surface area contributed by atoms with E-state index in [1.807, 2.05) is 6.19 Å². The highest BCUT2D eigenvalue weighted by atomic mass is 32.2. The first-order valence-corrected chi connectivity index (χ1v) is 10.6. The molecule has 0 spiro atoms. The Morgan fingerprint density at radius 3 is 2.93 bits per heavy atom. The number of thioether (sulfide) groups is 1. The largest absolute Gasteiger partial charge is 0.460 e. The molecule has 0 atom stereocenters. The lowest BCUT2D eigenvalue weighted by Crippen LogP contribution is -2.35. The molecule has 1 aromatic heterocycles. The van der Waals surface area contributed by atoms with Gasteiger partial charge in [-0.1, -0.05) is 18.6 Å². The van der Waals surface area contributed by atoms with Crippen molar-refractivity contribution >= 4 is 28.7 Å². The van der Waals surface area contributed by atoms with E-state index < -0.39 is 0 Å². The zero-order valence-corrected chi connectivity index (χ0v) is 16.6. The number of hydrogen-bond donors (Lipinski definition) is 2. The number of likely N-dealkylation sites (tertiary alicyclic amines) is 1. The third-order valence-electron chi connectivity index (χ3n) is 4.67.